The Morgan fingerprint density at radius 2 is 1.78 bits per heavy atom. The molecule has 0 radical (unpaired) electrons. The van der Waals surface area contributed by atoms with Crippen LogP contribution in [0.5, 0.6) is 0 Å². The van der Waals surface area contributed by atoms with Crippen LogP contribution in [0.1, 0.15) is 6.42 Å². The van der Waals surface area contributed by atoms with Crippen LogP contribution in [-0.2, 0) is 9.59 Å². The summed E-state index contributed by atoms with van der Waals surface area (Å²) in [5.41, 5.74) is 0. The summed E-state index contributed by atoms with van der Waals surface area (Å²) >= 11 is 0. The lowest BCUT2D eigenvalue weighted by atomic mass is 10.3. The van der Waals surface area contributed by atoms with E-state index < -0.39 is 17.8 Å². The molecule has 0 aromatic heterocycles. The monoisotopic (exact) mass is 256 g/mol. The first kappa shape index (κ1) is 12.9. The maximum Gasteiger partial charge on any atom is 0.345 e. The number of hydrazine groups is 1. The Kier molecular flexibility index (Phi) is 3.90. The van der Waals surface area contributed by atoms with E-state index >= 15 is 0 Å². The molecular weight excluding hydrogens is 240 g/mol. The highest BCUT2D eigenvalue weighted by Gasteiger charge is 2.36. The van der Waals surface area contributed by atoms with Crippen molar-refractivity contribution in [2.45, 2.75) is 6.42 Å². The number of carbonyl (C=O) groups is 3. The van der Waals surface area contributed by atoms with Gasteiger partial charge in [0.15, 0.2) is 0 Å². The summed E-state index contributed by atoms with van der Waals surface area (Å²) in [6.07, 6.45) is -0.289. The highest BCUT2D eigenvalue weighted by molar-refractivity contribution is 6.13. The number of aliphatic hydroxyl groups excluding tert-OH is 1. The van der Waals surface area contributed by atoms with Crippen LogP contribution < -0.4 is 5.32 Å². The zero-order chi connectivity index (χ0) is 13.1. The van der Waals surface area contributed by atoms with Gasteiger partial charge in [0.05, 0.1) is 6.61 Å². The number of urea groups is 1. The third kappa shape index (κ3) is 2.66. The molecule has 18 heavy (non-hydrogen) atoms. The van der Waals surface area contributed by atoms with Crippen LogP contribution in [0, 0.1) is 0 Å². The van der Waals surface area contributed by atoms with E-state index in [2.05, 4.69) is 5.32 Å². The maximum atomic E-state index is 11.7. The lowest BCUT2D eigenvalue weighted by molar-refractivity contribution is -0.150. The molecule has 0 bridgehead atoms. The summed E-state index contributed by atoms with van der Waals surface area (Å²) in [6, 6.07) is -0.674. The standard InChI is InChI=1S/C10H16N4O4/c15-6-5-12-1-3-13(4-2-12)14-9(17)7-8(16)11-10(14)18/h15H,1-7H2,(H,11,16,18). The largest absolute Gasteiger partial charge is 0.395 e. The summed E-state index contributed by atoms with van der Waals surface area (Å²) < 4.78 is 0. The summed E-state index contributed by atoms with van der Waals surface area (Å²) in [5.74, 6) is -1.04. The van der Waals surface area contributed by atoms with Crippen molar-refractivity contribution in [3.05, 3.63) is 0 Å². The van der Waals surface area contributed by atoms with Crippen molar-refractivity contribution in [1.82, 2.24) is 20.2 Å². The number of nitrogens with one attached hydrogen (secondary N) is 1. The minimum absolute atomic E-state index is 0.0949. The van der Waals surface area contributed by atoms with Gasteiger partial charge in [0.25, 0.3) is 5.91 Å². The Morgan fingerprint density at radius 1 is 1.11 bits per heavy atom. The van der Waals surface area contributed by atoms with Crippen molar-refractivity contribution in [3.63, 3.8) is 0 Å². The quantitative estimate of drug-likeness (QED) is 0.566. The van der Waals surface area contributed by atoms with Gasteiger partial charge in [-0.3, -0.25) is 19.8 Å². The molecule has 0 unspecified atom stereocenters. The fraction of sp³-hybridized carbons (Fsp3) is 0.700. The minimum Gasteiger partial charge on any atom is -0.395 e. The van der Waals surface area contributed by atoms with Crippen LogP contribution in [0.15, 0.2) is 0 Å². The van der Waals surface area contributed by atoms with Crippen LogP contribution >= 0.6 is 0 Å². The van der Waals surface area contributed by atoms with E-state index in [1.807, 2.05) is 4.90 Å². The van der Waals surface area contributed by atoms with Crippen molar-refractivity contribution in [1.29, 1.82) is 0 Å². The number of carbonyl (C=O) groups excluding carboxylic acids is 3. The molecule has 0 aromatic carbocycles. The number of piperazine rings is 1. The SMILES string of the molecule is O=C1CC(=O)N(N2CCN(CCO)CC2)C(=O)N1. The number of barbiturate groups is 1. The zero-order valence-corrected chi connectivity index (χ0v) is 9.96. The third-order valence-electron chi connectivity index (χ3n) is 3.03. The first-order valence-corrected chi connectivity index (χ1v) is 5.86. The molecule has 0 saturated carbocycles. The van der Waals surface area contributed by atoms with E-state index in [0.717, 1.165) is 5.01 Å². The second-order valence-electron chi connectivity index (χ2n) is 4.25. The summed E-state index contributed by atoms with van der Waals surface area (Å²) in [6.45, 7) is 3.07. The van der Waals surface area contributed by atoms with Gasteiger partial charge >= 0.3 is 6.03 Å². The topological polar surface area (TPSA) is 93.2 Å². The van der Waals surface area contributed by atoms with Crippen LogP contribution in [0.3, 0.4) is 0 Å². The molecule has 2 aliphatic heterocycles. The summed E-state index contributed by atoms with van der Waals surface area (Å²) in [7, 11) is 0. The van der Waals surface area contributed by atoms with Gasteiger partial charge in [-0.05, 0) is 0 Å². The van der Waals surface area contributed by atoms with Gasteiger partial charge in [-0.25, -0.2) is 9.80 Å². The van der Waals surface area contributed by atoms with E-state index in [1.54, 1.807) is 5.01 Å². The Morgan fingerprint density at radius 3 is 2.33 bits per heavy atom. The zero-order valence-electron chi connectivity index (χ0n) is 9.96. The Balaban J connectivity index is 1.94. The third-order valence-corrected chi connectivity index (χ3v) is 3.03. The van der Waals surface area contributed by atoms with Gasteiger partial charge in [-0.2, -0.15) is 5.01 Å². The number of aliphatic hydroxyl groups is 1. The molecule has 2 saturated heterocycles. The van der Waals surface area contributed by atoms with Gasteiger partial charge in [0.1, 0.15) is 6.42 Å². The fourth-order valence-corrected chi connectivity index (χ4v) is 2.13. The number of hydrogen-bond donors (Lipinski definition) is 2. The minimum atomic E-state index is -0.674. The van der Waals surface area contributed by atoms with Crippen molar-refractivity contribution in [3.8, 4) is 0 Å². The molecule has 8 nitrogen and oxygen atoms in total. The van der Waals surface area contributed by atoms with Crippen molar-refractivity contribution < 1.29 is 19.5 Å². The average Bonchev–Trinajstić information content (AvgIpc) is 2.30. The predicted molar refractivity (Wildman–Crippen MR) is 60.1 cm³/mol. The number of amides is 4. The number of rotatable bonds is 3. The van der Waals surface area contributed by atoms with Gasteiger partial charge in [0.2, 0.25) is 5.91 Å². The Hall–Kier alpha value is -1.51. The average molecular weight is 256 g/mol. The number of β-amino-alcohol motifs (C(OH)–C–C–N with tert-alkyl or cyclic N) is 1. The molecule has 4 amide bonds. The van der Waals surface area contributed by atoms with Crippen molar-refractivity contribution >= 4 is 17.8 Å². The summed E-state index contributed by atoms with van der Waals surface area (Å²) in [5, 5.41) is 13.6. The second-order valence-corrected chi connectivity index (χ2v) is 4.25. The molecular formula is C10H16N4O4. The molecule has 2 aliphatic rings. The first-order chi connectivity index (χ1) is 8.61. The van der Waals surface area contributed by atoms with Crippen LogP contribution in [0.2, 0.25) is 0 Å². The molecule has 2 fully saturated rings. The van der Waals surface area contributed by atoms with Crippen LogP contribution in [0.25, 0.3) is 0 Å². The molecule has 0 atom stereocenters. The van der Waals surface area contributed by atoms with Crippen LogP contribution in [0.4, 0.5) is 4.79 Å². The molecule has 100 valence electrons. The number of nitrogens with zero attached hydrogens (tertiary/aromatic N) is 3. The van der Waals surface area contributed by atoms with Crippen molar-refractivity contribution in [2.75, 3.05) is 39.3 Å². The second kappa shape index (κ2) is 5.42. The van der Waals surface area contributed by atoms with Gasteiger partial charge in [-0.1, -0.05) is 0 Å². The Bertz CT molecular complexity index is 345. The first-order valence-electron chi connectivity index (χ1n) is 5.86. The van der Waals surface area contributed by atoms with Gasteiger partial charge < -0.3 is 5.11 Å². The number of imide groups is 2. The van der Waals surface area contributed by atoms with Crippen LogP contribution in [-0.4, -0.2) is 77.2 Å². The molecule has 0 aliphatic carbocycles. The summed E-state index contributed by atoms with van der Waals surface area (Å²) in [4.78, 5) is 36.3. The Labute approximate surface area is 104 Å². The number of hydrogen-bond acceptors (Lipinski definition) is 6. The molecule has 2 N–H and O–H groups in total. The molecule has 0 aromatic rings. The van der Waals surface area contributed by atoms with Crippen molar-refractivity contribution in [2.24, 2.45) is 0 Å². The molecule has 8 heteroatoms. The normalized spacial score (nSPS) is 23.4. The molecule has 0 spiro atoms. The lowest BCUT2D eigenvalue weighted by Gasteiger charge is -2.40. The van der Waals surface area contributed by atoms with E-state index in [1.165, 1.54) is 0 Å². The van der Waals surface area contributed by atoms with E-state index in [4.69, 9.17) is 5.11 Å². The van der Waals surface area contributed by atoms with Gasteiger partial charge in [0, 0.05) is 32.7 Å². The highest BCUT2D eigenvalue weighted by atomic mass is 16.3. The smallest absolute Gasteiger partial charge is 0.345 e. The lowest BCUT2D eigenvalue weighted by Crippen LogP contribution is -2.63. The van der Waals surface area contributed by atoms with Gasteiger partial charge in [-0.15, -0.1) is 0 Å². The fourth-order valence-electron chi connectivity index (χ4n) is 2.13. The highest BCUT2D eigenvalue weighted by Crippen LogP contribution is 2.10. The van der Waals surface area contributed by atoms with E-state index in [-0.39, 0.29) is 13.0 Å². The molecule has 2 rings (SSSR count). The predicted octanol–water partition coefficient (Wildman–Crippen LogP) is -2.02. The van der Waals surface area contributed by atoms with E-state index in [9.17, 15) is 14.4 Å². The van der Waals surface area contributed by atoms with E-state index in [0.29, 0.717) is 32.7 Å². The molecule has 2 heterocycles. The maximum absolute atomic E-state index is 11.7.